The summed E-state index contributed by atoms with van der Waals surface area (Å²) in [5, 5.41) is 12.4. The summed E-state index contributed by atoms with van der Waals surface area (Å²) in [5.74, 6) is 1.59. The lowest BCUT2D eigenvalue weighted by Gasteiger charge is -2.41. The predicted molar refractivity (Wildman–Crippen MR) is 80.4 cm³/mol. The van der Waals surface area contributed by atoms with Crippen LogP contribution in [0.3, 0.4) is 0 Å². The highest BCUT2D eigenvalue weighted by molar-refractivity contribution is 5.78. The van der Waals surface area contributed by atoms with E-state index in [1.165, 1.54) is 25.8 Å². The van der Waals surface area contributed by atoms with Crippen LogP contribution in [0.1, 0.15) is 46.0 Å². The van der Waals surface area contributed by atoms with Crippen molar-refractivity contribution < 1.29 is 9.90 Å². The topological polar surface area (TPSA) is 52.6 Å². The summed E-state index contributed by atoms with van der Waals surface area (Å²) in [4.78, 5) is 14.4. The Morgan fingerprint density at radius 2 is 2.05 bits per heavy atom. The molecule has 1 heterocycles. The van der Waals surface area contributed by atoms with Gasteiger partial charge in [-0.05, 0) is 37.5 Å². The number of aliphatic hydroxyl groups excluding tert-OH is 1. The standard InChI is InChI=1S/C16H30N2O2/c1-12(2)16(20)17-15-8-14(6-7-19)10-18(11-15)9-13-4-3-5-13/h12-15,19H,3-11H2,1-2H3,(H,17,20). The van der Waals surface area contributed by atoms with Gasteiger partial charge in [0.25, 0.3) is 0 Å². The zero-order valence-electron chi connectivity index (χ0n) is 13.0. The average molecular weight is 282 g/mol. The van der Waals surface area contributed by atoms with E-state index in [0.717, 1.165) is 31.8 Å². The zero-order valence-corrected chi connectivity index (χ0v) is 13.0. The summed E-state index contributed by atoms with van der Waals surface area (Å²) >= 11 is 0. The van der Waals surface area contributed by atoms with Gasteiger partial charge in [0.2, 0.25) is 5.91 Å². The maximum Gasteiger partial charge on any atom is 0.222 e. The van der Waals surface area contributed by atoms with Crippen LogP contribution in [0.5, 0.6) is 0 Å². The largest absolute Gasteiger partial charge is 0.396 e. The molecule has 2 atom stereocenters. The highest BCUT2D eigenvalue weighted by Gasteiger charge is 2.30. The third-order valence-electron chi connectivity index (χ3n) is 4.76. The molecular formula is C16H30N2O2. The number of carbonyl (C=O) groups excluding carboxylic acids is 1. The Morgan fingerprint density at radius 3 is 2.60 bits per heavy atom. The van der Waals surface area contributed by atoms with Crippen LogP contribution in [-0.2, 0) is 4.79 Å². The Balaban J connectivity index is 1.87. The molecular weight excluding hydrogens is 252 g/mol. The van der Waals surface area contributed by atoms with E-state index in [1.807, 2.05) is 13.8 Å². The number of hydrogen-bond donors (Lipinski definition) is 2. The van der Waals surface area contributed by atoms with Crippen LogP contribution in [0, 0.1) is 17.8 Å². The molecule has 2 N–H and O–H groups in total. The van der Waals surface area contributed by atoms with Crippen LogP contribution in [-0.4, -0.2) is 48.2 Å². The van der Waals surface area contributed by atoms with E-state index in [-0.39, 0.29) is 24.5 Å². The lowest BCUT2D eigenvalue weighted by molar-refractivity contribution is -0.125. The van der Waals surface area contributed by atoms with Crippen molar-refractivity contribution in [3.8, 4) is 0 Å². The van der Waals surface area contributed by atoms with Crippen molar-refractivity contribution in [3.05, 3.63) is 0 Å². The molecule has 0 aromatic heterocycles. The lowest BCUT2D eigenvalue weighted by Crippen LogP contribution is -2.53. The summed E-state index contributed by atoms with van der Waals surface area (Å²) in [5.41, 5.74) is 0. The van der Waals surface area contributed by atoms with E-state index in [2.05, 4.69) is 10.2 Å². The Kier molecular flexibility index (Phi) is 5.85. The van der Waals surface area contributed by atoms with Crippen LogP contribution in [0.4, 0.5) is 0 Å². The maximum absolute atomic E-state index is 11.9. The molecule has 1 aliphatic heterocycles. The fourth-order valence-electron chi connectivity index (χ4n) is 3.36. The van der Waals surface area contributed by atoms with Crippen LogP contribution in [0.25, 0.3) is 0 Å². The number of carbonyl (C=O) groups is 1. The van der Waals surface area contributed by atoms with Crippen molar-refractivity contribution >= 4 is 5.91 Å². The summed E-state index contributed by atoms with van der Waals surface area (Å²) in [6, 6.07) is 0.260. The van der Waals surface area contributed by atoms with Gasteiger partial charge in [0, 0.05) is 38.2 Å². The number of aliphatic hydroxyl groups is 1. The summed E-state index contributed by atoms with van der Waals surface area (Å²) in [6.45, 7) is 7.38. The Bertz CT molecular complexity index is 316. The number of nitrogens with one attached hydrogen (secondary N) is 1. The van der Waals surface area contributed by atoms with Crippen molar-refractivity contribution in [1.29, 1.82) is 0 Å². The molecule has 2 unspecified atom stereocenters. The highest BCUT2D eigenvalue weighted by atomic mass is 16.3. The van der Waals surface area contributed by atoms with Crippen molar-refractivity contribution in [2.75, 3.05) is 26.2 Å². The normalized spacial score (nSPS) is 28.4. The van der Waals surface area contributed by atoms with E-state index >= 15 is 0 Å². The van der Waals surface area contributed by atoms with E-state index < -0.39 is 0 Å². The SMILES string of the molecule is CC(C)C(=O)NC1CC(CCO)CN(CC2CCC2)C1. The number of nitrogens with zero attached hydrogens (tertiary/aromatic N) is 1. The molecule has 1 amide bonds. The quantitative estimate of drug-likeness (QED) is 0.778. The molecule has 0 radical (unpaired) electrons. The molecule has 0 bridgehead atoms. The number of piperidine rings is 1. The fraction of sp³-hybridized carbons (Fsp3) is 0.938. The minimum atomic E-state index is 0.0494. The summed E-state index contributed by atoms with van der Waals surface area (Å²) in [6.07, 6.45) is 5.98. The van der Waals surface area contributed by atoms with E-state index in [9.17, 15) is 9.90 Å². The van der Waals surface area contributed by atoms with Gasteiger partial charge in [-0.2, -0.15) is 0 Å². The first kappa shape index (κ1) is 15.8. The van der Waals surface area contributed by atoms with Crippen molar-refractivity contribution in [2.45, 2.75) is 52.0 Å². The molecule has 20 heavy (non-hydrogen) atoms. The molecule has 1 aliphatic carbocycles. The lowest BCUT2D eigenvalue weighted by atomic mass is 9.83. The molecule has 2 aliphatic rings. The van der Waals surface area contributed by atoms with E-state index in [4.69, 9.17) is 0 Å². The first-order valence-corrected chi connectivity index (χ1v) is 8.22. The first-order chi connectivity index (χ1) is 9.58. The molecule has 2 fully saturated rings. The van der Waals surface area contributed by atoms with Crippen molar-refractivity contribution in [1.82, 2.24) is 10.2 Å². The minimum Gasteiger partial charge on any atom is -0.396 e. The number of rotatable bonds is 6. The van der Waals surface area contributed by atoms with Gasteiger partial charge in [-0.25, -0.2) is 0 Å². The maximum atomic E-state index is 11.9. The molecule has 0 aromatic carbocycles. The smallest absolute Gasteiger partial charge is 0.222 e. The Labute approximate surface area is 122 Å². The minimum absolute atomic E-state index is 0.0494. The zero-order chi connectivity index (χ0) is 14.5. The number of hydrogen-bond acceptors (Lipinski definition) is 3. The van der Waals surface area contributed by atoms with Crippen LogP contribution >= 0.6 is 0 Å². The Morgan fingerprint density at radius 1 is 1.30 bits per heavy atom. The van der Waals surface area contributed by atoms with Gasteiger partial charge in [-0.15, -0.1) is 0 Å². The molecule has 1 saturated carbocycles. The molecule has 1 saturated heterocycles. The van der Waals surface area contributed by atoms with Crippen LogP contribution in [0.2, 0.25) is 0 Å². The van der Waals surface area contributed by atoms with Gasteiger partial charge in [-0.1, -0.05) is 20.3 Å². The second-order valence-electron chi connectivity index (χ2n) is 6.99. The summed E-state index contributed by atoms with van der Waals surface area (Å²) in [7, 11) is 0. The van der Waals surface area contributed by atoms with Gasteiger partial charge >= 0.3 is 0 Å². The highest BCUT2D eigenvalue weighted by Crippen LogP contribution is 2.29. The molecule has 2 rings (SSSR count). The fourth-order valence-corrected chi connectivity index (χ4v) is 3.36. The van der Waals surface area contributed by atoms with Crippen molar-refractivity contribution in [3.63, 3.8) is 0 Å². The van der Waals surface area contributed by atoms with Crippen molar-refractivity contribution in [2.24, 2.45) is 17.8 Å². The Hall–Kier alpha value is -0.610. The third kappa shape index (κ3) is 4.45. The molecule has 116 valence electrons. The third-order valence-corrected chi connectivity index (χ3v) is 4.76. The van der Waals surface area contributed by atoms with Crippen LogP contribution in [0.15, 0.2) is 0 Å². The van der Waals surface area contributed by atoms with Gasteiger partial charge in [0.15, 0.2) is 0 Å². The van der Waals surface area contributed by atoms with E-state index in [0.29, 0.717) is 5.92 Å². The molecule has 4 nitrogen and oxygen atoms in total. The number of likely N-dealkylation sites (tertiary alicyclic amines) is 1. The second-order valence-corrected chi connectivity index (χ2v) is 6.99. The van der Waals surface area contributed by atoms with Gasteiger partial charge in [0.1, 0.15) is 0 Å². The monoisotopic (exact) mass is 282 g/mol. The molecule has 0 aromatic rings. The average Bonchev–Trinajstić information content (AvgIpc) is 2.34. The van der Waals surface area contributed by atoms with E-state index in [1.54, 1.807) is 0 Å². The number of amides is 1. The predicted octanol–water partition coefficient (Wildman–Crippen LogP) is 1.63. The molecule has 4 heteroatoms. The summed E-state index contributed by atoms with van der Waals surface area (Å²) < 4.78 is 0. The van der Waals surface area contributed by atoms with Gasteiger partial charge < -0.3 is 15.3 Å². The molecule has 0 spiro atoms. The van der Waals surface area contributed by atoms with Gasteiger partial charge in [-0.3, -0.25) is 4.79 Å². The second kappa shape index (κ2) is 7.41. The van der Waals surface area contributed by atoms with Gasteiger partial charge in [0.05, 0.1) is 0 Å². The van der Waals surface area contributed by atoms with Crippen LogP contribution < -0.4 is 5.32 Å². The first-order valence-electron chi connectivity index (χ1n) is 8.22.